The highest BCUT2D eigenvalue weighted by Gasteiger charge is 2.37. The predicted molar refractivity (Wildman–Crippen MR) is 112 cm³/mol. The molecule has 0 spiro atoms. The van der Waals surface area contributed by atoms with Crippen LogP contribution in [0.1, 0.15) is 42.1 Å². The monoisotopic (exact) mass is 409 g/mol. The predicted octanol–water partition coefficient (Wildman–Crippen LogP) is 2.62. The van der Waals surface area contributed by atoms with E-state index in [0.717, 1.165) is 17.7 Å². The topological polar surface area (TPSA) is 82.9 Å². The van der Waals surface area contributed by atoms with Crippen molar-refractivity contribution in [2.75, 3.05) is 24.5 Å². The zero-order valence-electron chi connectivity index (χ0n) is 17.2. The lowest BCUT2D eigenvalue weighted by Gasteiger charge is -2.32. The van der Waals surface area contributed by atoms with E-state index < -0.39 is 0 Å². The maximum Gasteiger partial charge on any atom is 0.257 e. The molecule has 1 unspecified atom stereocenters. The maximum atomic E-state index is 12.8. The molecular formula is C23H27N3O4. The number of aryl methyl sites for hydroxylation is 1. The quantitative estimate of drug-likeness (QED) is 0.823. The number of carbonyl (C=O) groups excluding carboxylic acids is 3. The molecule has 4 rings (SSSR count). The van der Waals surface area contributed by atoms with Crippen LogP contribution in [0.3, 0.4) is 0 Å². The molecule has 2 saturated heterocycles. The second-order valence-electron chi connectivity index (χ2n) is 7.97. The average Bonchev–Trinajstić information content (AvgIpc) is 3.44. The van der Waals surface area contributed by atoms with Gasteiger partial charge in [-0.3, -0.25) is 14.4 Å². The second-order valence-corrected chi connectivity index (χ2v) is 7.97. The summed E-state index contributed by atoms with van der Waals surface area (Å²) in [4.78, 5) is 41.3. The van der Waals surface area contributed by atoms with Crippen molar-refractivity contribution in [3.8, 4) is 0 Å². The number of rotatable bonds is 5. The number of piperidine rings is 1. The molecule has 1 N–H and O–H groups in total. The minimum Gasteiger partial charge on any atom is -0.472 e. The van der Waals surface area contributed by atoms with E-state index >= 15 is 0 Å². The van der Waals surface area contributed by atoms with Gasteiger partial charge in [0, 0.05) is 37.8 Å². The summed E-state index contributed by atoms with van der Waals surface area (Å²) in [6.45, 7) is 3.66. The third kappa shape index (κ3) is 4.10. The number of likely N-dealkylation sites (tertiary alicyclic amines) is 1. The molecule has 2 aliphatic rings. The Labute approximate surface area is 176 Å². The lowest BCUT2D eigenvalue weighted by atomic mass is 10.0. The third-order valence-electron chi connectivity index (χ3n) is 6.06. The van der Waals surface area contributed by atoms with Crippen LogP contribution in [0.15, 0.2) is 47.3 Å². The zero-order chi connectivity index (χ0) is 21.1. The SMILES string of the molecule is CCc1ccccc1N1CC(C(=O)NC2CCN(C(=O)c3ccoc3)CC2)CC1=O. The van der Waals surface area contributed by atoms with Crippen LogP contribution in [-0.4, -0.2) is 48.3 Å². The van der Waals surface area contributed by atoms with Crippen LogP contribution in [0.2, 0.25) is 0 Å². The number of furan rings is 1. The molecule has 1 aromatic heterocycles. The van der Waals surface area contributed by atoms with Crippen LogP contribution in [-0.2, 0) is 16.0 Å². The van der Waals surface area contributed by atoms with E-state index in [2.05, 4.69) is 12.2 Å². The molecule has 1 atom stereocenters. The Hall–Kier alpha value is -3.09. The van der Waals surface area contributed by atoms with Gasteiger partial charge in [-0.05, 0) is 37.0 Å². The molecule has 1 aromatic carbocycles. The minimum absolute atomic E-state index is 0.00317. The fraction of sp³-hybridized carbons (Fsp3) is 0.435. The van der Waals surface area contributed by atoms with E-state index in [9.17, 15) is 14.4 Å². The van der Waals surface area contributed by atoms with Crippen LogP contribution >= 0.6 is 0 Å². The molecule has 7 heteroatoms. The zero-order valence-corrected chi connectivity index (χ0v) is 17.2. The number of hydrogen-bond donors (Lipinski definition) is 1. The largest absolute Gasteiger partial charge is 0.472 e. The van der Waals surface area contributed by atoms with E-state index in [1.165, 1.54) is 12.5 Å². The normalized spacial score (nSPS) is 19.9. The smallest absolute Gasteiger partial charge is 0.257 e. The van der Waals surface area contributed by atoms with Crippen molar-refractivity contribution >= 4 is 23.4 Å². The van der Waals surface area contributed by atoms with Crippen LogP contribution in [0.4, 0.5) is 5.69 Å². The summed E-state index contributed by atoms with van der Waals surface area (Å²) in [6.07, 6.45) is 5.44. The Bertz CT molecular complexity index is 916. The average molecular weight is 409 g/mol. The number of anilines is 1. The van der Waals surface area contributed by atoms with E-state index in [0.29, 0.717) is 38.0 Å². The first-order valence-electron chi connectivity index (χ1n) is 10.6. The molecule has 158 valence electrons. The molecule has 0 bridgehead atoms. The molecule has 0 saturated carbocycles. The fourth-order valence-corrected chi connectivity index (χ4v) is 4.30. The van der Waals surface area contributed by atoms with Crippen molar-refractivity contribution in [3.05, 3.63) is 54.0 Å². The van der Waals surface area contributed by atoms with Crippen molar-refractivity contribution in [2.45, 2.75) is 38.6 Å². The van der Waals surface area contributed by atoms with Gasteiger partial charge in [0.2, 0.25) is 11.8 Å². The van der Waals surface area contributed by atoms with Crippen molar-refractivity contribution in [1.82, 2.24) is 10.2 Å². The Kier molecular flexibility index (Phi) is 5.88. The van der Waals surface area contributed by atoms with Crippen LogP contribution in [0, 0.1) is 5.92 Å². The third-order valence-corrected chi connectivity index (χ3v) is 6.06. The Morgan fingerprint density at radius 1 is 1.17 bits per heavy atom. The van der Waals surface area contributed by atoms with Crippen LogP contribution < -0.4 is 10.2 Å². The number of benzene rings is 1. The number of nitrogens with zero attached hydrogens (tertiary/aromatic N) is 2. The Morgan fingerprint density at radius 2 is 1.93 bits per heavy atom. The van der Waals surface area contributed by atoms with Gasteiger partial charge in [-0.25, -0.2) is 0 Å². The van der Waals surface area contributed by atoms with E-state index in [4.69, 9.17) is 4.42 Å². The van der Waals surface area contributed by atoms with Crippen molar-refractivity contribution in [3.63, 3.8) is 0 Å². The number of amides is 3. The van der Waals surface area contributed by atoms with Crippen LogP contribution in [0.5, 0.6) is 0 Å². The van der Waals surface area contributed by atoms with Crippen molar-refractivity contribution < 1.29 is 18.8 Å². The summed E-state index contributed by atoms with van der Waals surface area (Å²) in [5, 5.41) is 3.10. The van der Waals surface area contributed by atoms with E-state index in [1.54, 1.807) is 15.9 Å². The summed E-state index contributed by atoms with van der Waals surface area (Å²) in [5.74, 6) is -0.454. The first kappa shape index (κ1) is 20.2. The molecule has 30 heavy (non-hydrogen) atoms. The lowest BCUT2D eigenvalue weighted by Crippen LogP contribution is -2.48. The second kappa shape index (κ2) is 8.73. The van der Waals surface area contributed by atoms with Gasteiger partial charge in [0.15, 0.2) is 0 Å². The molecule has 0 radical (unpaired) electrons. The molecule has 3 heterocycles. The molecule has 7 nitrogen and oxygen atoms in total. The van der Waals surface area contributed by atoms with E-state index in [-0.39, 0.29) is 36.1 Å². The molecule has 0 aliphatic carbocycles. The highest BCUT2D eigenvalue weighted by atomic mass is 16.3. The molecule has 2 aliphatic heterocycles. The Morgan fingerprint density at radius 3 is 2.63 bits per heavy atom. The van der Waals surface area contributed by atoms with Crippen molar-refractivity contribution in [2.24, 2.45) is 5.92 Å². The first-order valence-corrected chi connectivity index (χ1v) is 10.6. The molecular weight excluding hydrogens is 382 g/mol. The number of carbonyl (C=O) groups is 3. The van der Waals surface area contributed by atoms with Gasteiger partial charge in [0.1, 0.15) is 6.26 Å². The van der Waals surface area contributed by atoms with Gasteiger partial charge >= 0.3 is 0 Å². The number of para-hydroxylation sites is 1. The number of hydrogen-bond acceptors (Lipinski definition) is 4. The van der Waals surface area contributed by atoms with Gasteiger partial charge in [-0.1, -0.05) is 25.1 Å². The van der Waals surface area contributed by atoms with Gasteiger partial charge in [0.05, 0.1) is 17.7 Å². The standard InChI is InChI=1S/C23H27N3O4/c1-2-16-5-3-4-6-20(16)26-14-18(13-21(26)27)22(28)24-19-7-10-25(11-8-19)23(29)17-9-12-30-15-17/h3-6,9,12,15,18-19H,2,7-8,10-11,13-14H2,1H3,(H,24,28). The van der Waals surface area contributed by atoms with Gasteiger partial charge in [-0.2, -0.15) is 0 Å². The minimum atomic E-state index is -0.340. The van der Waals surface area contributed by atoms with Gasteiger partial charge < -0.3 is 19.5 Å². The van der Waals surface area contributed by atoms with E-state index in [1.807, 2.05) is 24.3 Å². The van der Waals surface area contributed by atoms with Crippen LogP contribution in [0.25, 0.3) is 0 Å². The van der Waals surface area contributed by atoms with Gasteiger partial charge in [0.25, 0.3) is 5.91 Å². The van der Waals surface area contributed by atoms with Gasteiger partial charge in [-0.15, -0.1) is 0 Å². The molecule has 2 fully saturated rings. The summed E-state index contributed by atoms with van der Waals surface area (Å²) in [5.41, 5.74) is 2.57. The summed E-state index contributed by atoms with van der Waals surface area (Å²) < 4.78 is 4.98. The molecule has 3 amide bonds. The molecule has 2 aromatic rings. The number of nitrogens with one attached hydrogen (secondary N) is 1. The fourth-order valence-electron chi connectivity index (χ4n) is 4.30. The summed E-state index contributed by atoms with van der Waals surface area (Å²) >= 11 is 0. The highest BCUT2D eigenvalue weighted by molar-refractivity contribution is 6.01. The lowest BCUT2D eigenvalue weighted by molar-refractivity contribution is -0.127. The van der Waals surface area contributed by atoms with Crippen molar-refractivity contribution in [1.29, 1.82) is 0 Å². The summed E-state index contributed by atoms with van der Waals surface area (Å²) in [6, 6.07) is 9.55. The first-order chi connectivity index (χ1) is 14.6. The maximum absolute atomic E-state index is 12.8. The summed E-state index contributed by atoms with van der Waals surface area (Å²) in [7, 11) is 0. The highest BCUT2D eigenvalue weighted by Crippen LogP contribution is 2.29. The Balaban J connectivity index is 1.31.